The number of nitrogens with one attached hydrogen (secondary N) is 2. The lowest BCUT2D eigenvalue weighted by molar-refractivity contribution is -0.123. The van der Waals surface area contributed by atoms with E-state index in [1.807, 2.05) is 0 Å². The topological polar surface area (TPSA) is 102 Å². The van der Waals surface area contributed by atoms with Crippen LogP contribution in [-0.2, 0) is 19.4 Å². The molecule has 22 heavy (non-hydrogen) atoms. The fourth-order valence-electron chi connectivity index (χ4n) is 2.21. The molecule has 7 nitrogen and oxygen atoms in total. The van der Waals surface area contributed by atoms with Crippen LogP contribution >= 0.6 is 0 Å². The average Bonchev–Trinajstić information content (AvgIpc) is 2.76. The molecule has 1 saturated heterocycles. The normalized spacial score (nSPS) is 19.4. The Morgan fingerprint density at radius 3 is 2.68 bits per heavy atom. The third-order valence-electron chi connectivity index (χ3n) is 3.15. The van der Waals surface area contributed by atoms with Gasteiger partial charge >= 0.3 is 0 Å². The molecule has 0 aromatic heterocycles. The van der Waals surface area contributed by atoms with Crippen molar-refractivity contribution < 1.29 is 22.7 Å². The zero-order valence-corrected chi connectivity index (χ0v) is 13.0. The molecule has 0 aliphatic carbocycles. The van der Waals surface area contributed by atoms with Crippen LogP contribution in [0.5, 0.6) is 5.75 Å². The van der Waals surface area contributed by atoms with Gasteiger partial charge in [0.2, 0.25) is 5.91 Å². The standard InChI is InChI=1S/C14H18N2O5S/c1-10(17)15-12-4-2-3-5-13(12)21-8-14(18)16-11-6-7-22(19,20)9-11/h2-5,11H,6-9H2,1H3,(H,15,17)(H,16,18)/t11-/m0/s1. The van der Waals surface area contributed by atoms with Gasteiger partial charge in [-0.3, -0.25) is 9.59 Å². The molecule has 1 atom stereocenters. The number of hydrogen-bond donors (Lipinski definition) is 2. The molecule has 0 bridgehead atoms. The zero-order chi connectivity index (χ0) is 16.2. The van der Waals surface area contributed by atoms with Crippen molar-refractivity contribution in [1.82, 2.24) is 5.32 Å². The molecule has 1 fully saturated rings. The van der Waals surface area contributed by atoms with E-state index in [-0.39, 0.29) is 36.0 Å². The van der Waals surface area contributed by atoms with E-state index >= 15 is 0 Å². The van der Waals surface area contributed by atoms with Gasteiger partial charge in [0, 0.05) is 13.0 Å². The highest BCUT2D eigenvalue weighted by atomic mass is 32.2. The Kier molecular flexibility index (Phi) is 5.02. The van der Waals surface area contributed by atoms with Gasteiger partial charge in [0.15, 0.2) is 16.4 Å². The number of ether oxygens (including phenoxy) is 1. The number of anilines is 1. The molecule has 2 N–H and O–H groups in total. The molecule has 1 aromatic rings. The maximum atomic E-state index is 11.8. The van der Waals surface area contributed by atoms with Crippen molar-refractivity contribution >= 4 is 27.3 Å². The summed E-state index contributed by atoms with van der Waals surface area (Å²) in [5.74, 6) is -0.172. The SMILES string of the molecule is CC(=O)Nc1ccccc1OCC(=O)N[C@H]1CCS(=O)(=O)C1. The first-order valence-corrected chi connectivity index (χ1v) is 8.67. The quantitative estimate of drug-likeness (QED) is 0.812. The molecule has 2 amide bonds. The van der Waals surface area contributed by atoms with Crippen LogP contribution in [0.2, 0.25) is 0 Å². The summed E-state index contributed by atoms with van der Waals surface area (Å²) in [6, 6.07) is 6.41. The van der Waals surface area contributed by atoms with E-state index in [4.69, 9.17) is 4.74 Å². The number of hydrogen-bond acceptors (Lipinski definition) is 5. The Hall–Kier alpha value is -2.09. The summed E-state index contributed by atoms with van der Waals surface area (Å²) in [4.78, 5) is 22.9. The highest BCUT2D eigenvalue weighted by Gasteiger charge is 2.28. The molecule has 1 aliphatic rings. The monoisotopic (exact) mass is 326 g/mol. The molecule has 0 spiro atoms. The minimum absolute atomic E-state index is 0.0266. The van der Waals surface area contributed by atoms with Crippen LogP contribution in [0.25, 0.3) is 0 Å². The molecule has 1 aliphatic heterocycles. The number of benzene rings is 1. The summed E-state index contributed by atoms with van der Waals surface area (Å²) in [6.45, 7) is 1.14. The predicted octanol–water partition coefficient (Wildman–Crippen LogP) is 0.327. The number of amides is 2. The first kappa shape index (κ1) is 16.3. The van der Waals surface area contributed by atoms with E-state index in [9.17, 15) is 18.0 Å². The lowest BCUT2D eigenvalue weighted by Crippen LogP contribution is -2.38. The van der Waals surface area contributed by atoms with Crippen molar-refractivity contribution in [2.75, 3.05) is 23.4 Å². The lowest BCUT2D eigenvalue weighted by atomic mass is 10.2. The molecule has 2 rings (SSSR count). The second-order valence-electron chi connectivity index (χ2n) is 5.13. The lowest BCUT2D eigenvalue weighted by Gasteiger charge is -2.13. The van der Waals surface area contributed by atoms with Crippen molar-refractivity contribution in [2.45, 2.75) is 19.4 Å². The Morgan fingerprint density at radius 1 is 1.32 bits per heavy atom. The predicted molar refractivity (Wildman–Crippen MR) is 81.4 cm³/mol. The summed E-state index contributed by atoms with van der Waals surface area (Å²) in [5, 5.41) is 5.24. The third-order valence-corrected chi connectivity index (χ3v) is 4.92. The molecule has 0 radical (unpaired) electrons. The van der Waals surface area contributed by atoms with Gasteiger partial charge in [-0.25, -0.2) is 8.42 Å². The minimum atomic E-state index is -3.03. The highest BCUT2D eigenvalue weighted by molar-refractivity contribution is 7.91. The molecule has 1 heterocycles. The number of rotatable bonds is 5. The van der Waals surface area contributed by atoms with Crippen molar-refractivity contribution in [3.8, 4) is 5.75 Å². The Balaban J connectivity index is 1.88. The van der Waals surface area contributed by atoms with Crippen molar-refractivity contribution in [3.05, 3.63) is 24.3 Å². The molecule has 120 valence electrons. The van der Waals surface area contributed by atoms with Gasteiger partial charge in [0.25, 0.3) is 5.91 Å². The summed E-state index contributed by atoms with van der Waals surface area (Å²) >= 11 is 0. The van der Waals surface area contributed by atoms with Crippen molar-refractivity contribution in [3.63, 3.8) is 0 Å². The van der Waals surface area contributed by atoms with Crippen LogP contribution in [0.3, 0.4) is 0 Å². The van der Waals surface area contributed by atoms with Crippen molar-refractivity contribution in [2.24, 2.45) is 0 Å². The van der Waals surface area contributed by atoms with Gasteiger partial charge in [0.05, 0.1) is 17.2 Å². The maximum absolute atomic E-state index is 11.8. The van der Waals surface area contributed by atoms with Crippen LogP contribution in [0.15, 0.2) is 24.3 Å². The van der Waals surface area contributed by atoms with Gasteiger partial charge in [-0.1, -0.05) is 12.1 Å². The van der Waals surface area contributed by atoms with Crippen LogP contribution < -0.4 is 15.4 Å². The first-order chi connectivity index (χ1) is 10.4. The molecule has 1 aromatic carbocycles. The number of carbonyl (C=O) groups excluding carboxylic acids is 2. The third kappa shape index (κ3) is 4.73. The van der Waals surface area contributed by atoms with E-state index in [0.29, 0.717) is 17.9 Å². The van der Waals surface area contributed by atoms with Crippen LogP contribution in [0, 0.1) is 0 Å². The molecule has 8 heteroatoms. The Labute approximate surface area is 129 Å². The van der Waals surface area contributed by atoms with Gasteiger partial charge in [-0.15, -0.1) is 0 Å². The summed E-state index contributed by atoms with van der Waals surface area (Å²) in [6.07, 6.45) is 0.427. The molecular formula is C14H18N2O5S. The Bertz CT molecular complexity index is 672. The zero-order valence-electron chi connectivity index (χ0n) is 12.2. The second kappa shape index (κ2) is 6.78. The number of carbonyl (C=O) groups is 2. The summed E-state index contributed by atoms with van der Waals surface area (Å²) in [5.41, 5.74) is 0.478. The maximum Gasteiger partial charge on any atom is 0.258 e. The largest absolute Gasteiger partial charge is 0.482 e. The van der Waals surface area contributed by atoms with Crippen molar-refractivity contribution in [1.29, 1.82) is 0 Å². The highest BCUT2D eigenvalue weighted by Crippen LogP contribution is 2.23. The smallest absolute Gasteiger partial charge is 0.258 e. The average molecular weight is 326 g/mol. The minimum Gasteiger partial charge on any atom is -0.482 e. The molecular weight excluding hydrogens is 308 g/mol. The second-order valence-corrected chi connectivity index (χ2v) is 7.36. The Morgan fingerprint density at radius 2 is 2.05 bits per heavy atom. The summed E-state index contributed by atoms with van der Waals surface area (Å²) < 4.78 is 28.0. The van der Waals surface area contributed by atoms with Gasteiger partial charge in [-0.05, 0) is 18.6 Å². The number of sulfone groups is 1. The van der Waals surface area contributed by atoms with Gasteiger partial charge in [-0.2, -0.15) is 0 Å². The molecule has 0 saturated carbocycles. The fraction of sp³-hybridized carbons (Fsp3) is 0.429. The van der Waals surface area contributed by atoms with E-state index in [0.717, 1.165) is 0 Å². The van der Waals surface area contributed by atoms with Gasteiger partial charge in [0.1, 0.15) is 5.75 Å². The van der Waals surface area contributed by atoms with E-state index in [1.165, 1.54) is 6.92 Å². The van der Waals surface area contributed by atoms with Crippen LogP contribution in [0.4, 0.5) is 5.69 Å². The van der Waals surface area contributed by atoms with E-state index < -0.39 is 9.84 Å². The first-order valence-electron chi connectivity index (χ1n) is 6.85. The van der Waals surface area contributed by atoms with Crippen LogP contribution in [0.1, 0.15) is 13.3 Å². The summed E-state index contributed by atoms with van der Waals surface area (Å²) in [7, 11) is -3.03. The van der Waals surface area contributed by atoms with Gasteiger partial charge < -0.3 is 15.4 Å². The van der Waals surface area contributed by atoms with E-state index in [2.05, 4.69) is 10.6 Å². The fourth-order valence-corrected chi connectivity index (χ4v) is 3.88. The van der Waals surface area contributed by atoms with E-state index in [1.54, 1.807) is 24.3 Å². The number of para-hydroxylation sites is 2. The van der Waals surface area contributed by atoms with Crippen LogP contribution in [-0.4, -0.2) is 44.4 Å². The molecule has 0 unspecified atom stereocenters.